The Hall–Kier alpha value is -3.97. The Morgan fingerprint density at radius 1 is 0.727 bits per heavy atom. The van der Waals surface area contributed by atoms with Gasteiger partial charge in [0.2, 0.25) is 0 Å². The maximum absolute atomic E-state index is 13.6. The normalized spacial score (nSPS) is 18.6. The van der Waals surface area contributed by atoms with Gasteiger partial charge >= 0.3 is 11.8 Å². The van der Waals surface area contributed by atoms with Crippen LogP contribution < -0.4 is 0 Å². The maximum Gasteiger partial charge on any atom is 0.377 e. The van der Waals surface area contributed by atoms with E-state index >= 15 is 0 Å². The highest BCUT2D eigenvalue weighted by Crippen LogP contribution is 2.36. The van der Waals surface area contributed by atoms with Crippen molar-refractivity contribution in [1.82, 2.24) is 14.7 Å². The third kappa shape index (κ3) is 3.47. The van der Waals surface area contributed by atoms with Crippen LogP contribution in [0.1, 0.15) is 13.3 Å². The summed E-state index contributed by atoms with van der Waals surface area (Å²) in [5.74, 6) is -12.2. The first-order chi connectivity index (χ1) is 15.6. The van der Waals surface area contributed by atoms with Crippen molar-refractivity contribution in [3.05, 3.63) is 36.5 Å². The summed E-state index contributed by atoms with van der Waals surface area (Å²) in [6, 6.07) is 0. The molecule has 6 amide bonds. The topological polar surface area (TPSA) is 179 Å². The molecule has 0 unspecified atom stereocenters. The highest BCUT2D eigenvalue weighted by atomic mass is 16.5. The molecule has 0 aromatic rings. The first-order valence-electron chi connectivity index (χ1n) is 9.67. The van der Waals surface area contributed by atoms with Gasteiger partial charge in [0.1, 0.15) is 6.61 Å². The quantitative estimate of drug-likeness (QED) is 0.272. The average molecular weight is 461 g/mol. The SMILES string of the molecule is CCC(CO)(CO)COC(=O)C(N1C(=O)C=CC1=O)(N1C(=O)C=CC1=O)N1C(=O)C=CC1=O. The van der Waals surface area contributed by atoms with E-state index in [0.29, 0.717) is 0 Å². The second-order valence-corrected chi connectivity index (χ2v) is 7.42. The molecule has 2 N–H and O–H groups in total. The number of carbonyl (C=O) groups is 7. The van der Waals surface area contributed by atoms with Gasteiger partial charge in [0.05, 0.1) is 18.6 Å². The Bertz CT molecular complexity index is 887. The van der Waals surface area contributed by atoms with E-state index in [2.05, 4.69) is 0 Å². The molecule has 3 rings (SSSR count). The summed E-state index contributed by atoms with van der Waals surface area (Å²) in [6.45, 7) is -0.417. The minimum Gasteiger partial charge on any atom is -0.460 e. The Morgan fingerprint density at radius 3 is 1.27 bits per heavy atom. The Balaban J connectivity index is 2.22. The fourth-order valence-electron chi connectivity index (χ4n) is 3.48. The number of amides is 6. The molecule has 0 fully saturated rings. The molecule has 0 bridgehead atoms. The first-order valence-corrected chi connectivity index (χ1v) is 9.67. The summed E-state index contributed by atoms with van der Waals surface area (Å²) in [4.78, 5) is 89.7. The predicted molar refractivity (Wildman–Crippen MR) is 104 cm³/mol. The monoisotopic (exact) mass is 461 g/mol. The fourth-order valence-corrected chi connectivity index (χ4v) is 3.48. The summed E-state index contributed by atoms with van der Waals surface area (Å²) in [5.41, 5.74) is -1.37. The van der Waals surface area contributed by atoms with Gasteiger partial charge < -0.3 is 14.9 Å². The summed E-state index contributed by atoms with van der Waals surface area (Å²) in [5, 5.41) is 19.3. The van der Waals surface area contributed by atoms with E-state index < -0.39 is 72.4 Å². The van der Waals surface area contributed by atoms with Gasteiger partial charge in [-0.25, -0.2) is 19.5 Å². The molecule has 0 aliphatic carbocycles. The van der Waals surface area contributed by atoms with Gasteiger partial charge in [0, 0.05) is 36.5 Å². The number of esters is 1. The van der Waals surface area contributed by atoms with Gasteiger partial charge in [-0.05, 0) is 6.42 Å². The molecule has 0 spiro atoms. The third-order valence-corrected chi connectivity index (χ3v) is 5.57. The predicted octanol–water partition coefficient (Wildman–Crippen LogP) is -2.66. The van der Waals surface area contributed by atoms with Crippen molar-refractivity contribution in [3.63, 3.8) is 0 Å². The summed E-state index contributed by atoms with van der Waals surface area (Å²) in [6.07, 6.45) is 4.43. The Labute approximate surface area is 186 Å². The maximum atomic E-state index is 13.6. The van der Waals surface area contributed by atoms with E-state index in [1.807, 2.05) is 0 Å². The zero-order chi connectivity index (χ0) is 24.6. The van der Waals surface area contributed by atoms with Gasteiger partial charge in [-0.2, -0.15) is 0 Å². The third-order valence-electron chi connectivity index (χ3n) is 5.57. The van der Waals surface area contributed by atoms with Crippen molar-refractivity contribution in [2.24, 2.45) is 5.41 Å². The fraction of sp³-hybridized carbons (Fsp3) is 0.350. The minimum absolute atomic E-state index is 0.104. The lowest BCUT2D eigenvalue weighted by atomic mass is 9.88. The molecule has 0 radical (unpaired) electrons. The lowest BCUT2D eigenvalue weighted by Crippen LogP contribution is -2.78. The molecular weight excluding hydrogens is 442 g/mol. The average Bonchev–Trinajstić information content (AvgIpc) is 3.43. The number of hydrogen-bond donors (Lipinski definition) is 2. The number of aliphatic hydroxyl groups is 2. The largest absolute Gasteiger partial charge is 0.460 e. The van der Waals surface area contributed by atoms with Crippen LogP contribution in [0.5, 0.6) is 0 Å². The molecule has 13 nitrogen and oxygen atoms in total. The molecule has 0 saturated carbocycles. The molecule has 3 heterocycles. The molecule has 0 saturated heterocycles. The molecule has 13 heteroatoms. The lowest BCUT2D eigenvalue weighted by molar-refractivity contribution is -0.210. The molecule has 174 valence electrons. The summed E-state index contributed by atoms with van der Waals surface area (Å²) < 4.78 is 5.19. The van der Waals surface area contributed by atoms with Gasteiger partial charge in [-0.3, -0.25) is 28.8 Å². The van der Waals surface area contributed by atoms with Crippen molar-refractivity contribution in [2.75, 3.05) is 19.8 Å². The van der Waals surface area contributed by atoms with E-state index in [9.17, 15) is 43.8 Å². The van der Waals surface area contributed by atoms with Crippen LogP contribution in [-0.2, 0) is 38.3 Å². The molecule has 33 heavy (non-hydrogen) atoms. The number of nitrogens with zero attached hydrogens (tertiary/aromatic N) is 3. The molecule has 0 aromatic heterocycles. The van der Waals surface area contributed by atoms with Crippen LogP contribution in [0, 0.1) is 5.41 Å². The summed E-state index contributed by atoms with van der Waals surface area (Å²) in [7, 11) is 0. The van der Waals surface area contributed by atoms with Gasteiger partial charge in [0.25, 0.3) is 35.4 Å². The zero-order valence-corrected chi connectivity index (χ0v) is 17.3. The standard InChI is InChI=1S/C20H19N3O10/c1-2-19(9-24,10-25)11-33-18(32)20(21-12(26)3-4-13(21)27,22-14(28)5-6-15(22)29)23-16(30)7-8-17(23)31/h3-8,24-25H,2,9-11H2,1H3. The van der Waals surface area contributed by atoms with E-state index in [1.165, 1.54) is 0 Å². The van der Waals surface area contributed by atoms with Gasteiger partial charge in [-0.15, -0.1) is 0 Å². The van der Waals surface area contributed by atoms with Crippen LogP contribution in [0.15, 0.2) is 36.5 Å². The van der Waals surface area contributed by atoms with Gasteiger partial charge in [-0.1, -0.05) is 6.92 Å². The Kier molecular flexibility index (Phi) is 6.12. The van der Waals surface area contributed by atoms with Crippen LogP contribution in [-0.4, -0.2) is 91.9 Å². The minimum atomic E-state index is -3.27. The van der Waals surface area contributed by atoms with Crippen molar-refractivity contribution in [2.45, 2.75) is 19.1 Å². The molecule has 3 aliphatic rings. The molecule has 3 aliphatic heterocycles. The summed E-state index contributed by atoms with van der Waals surface area (Å²) >= 11 is 0. The number of carbonyl (C=O) groups excluding carboxylic acids is 7. The first kappa shape index (κ1) is 23.7. The van der Waals surface area contributed by atoms with E-state index in [-0.39, 0.29) is 21.1 Å². The zero-order valence-electron chi connectivity index (χ0n) is 17.3. The van der Waals surface area contributed by atoms with Crippen LogP contribution >= 0.6 is 0 Å². The Morgan fingerprint density at radius 2 is 1.03 bits per heavy atom. The van der Waals surface area contributed by atoms with Crippen LogP contribution in [0.25, 0.3) is 0 Å². The molecular formula is C20H19N3O10. The van der Waals surface area contributed by atoms with Crippen molar-refractivity contribution < 1.29 is 48.5 Å². The number of imide groups is 3. The van der Waals surface area contributed by atoms with Crippen molar-refractivity contribution in [3.8, 4) is 0 Å². The van der Waals surface area contributed by atoms with Crippen molar-refractivity contribution >= 4 is 41.4 Å². The van der Waals surface area contributed by atoms with E-state index in [1.54, 1.807) is 6.92 Å². The van der Waals surface area contributed by atoms with Crippen LogP contribution in [0.4, 0.5) is 0 Å². The second kappa shape index (κ2) is 8.52. The highest BCUT2D eigenvalue weighted by molar-refractivity contribution is 6.24. The number of hydrogen-bond acceptors (Lipinski definition) is 10. The smallest absolute Gasteiger partial charge is 0.377 e. The van der Waals surface area contributed by atoms with Crippen LogP contribution in [0.3, 0.4) is 0 Å². The molecule has 0 atom stereocenters. The molecule has 0 aromatic carbocycles. The second-order valence-electron chi connectivity index (χ2n) is 7.42. The number of aliphatic hydroxyl groups excluding tert-OH is 2. The number of ether oxygens (including phenoxy) is 1. The van der Waals surface area contributed by atoms with E-state index in [0.717, 1.165) is 36.5 Å². The highest BCUT2D eigenvalue weighted by Gasteiger charge is 2.67. The van der Waals surface area contributed by atoms with Gasteiger partial charge in [0.15, 0.2) is 0 Å². The van der Waals surface area contributed by atoms with Crippen LogP contribution in [0.2, 0.25) is 0 Å². The lowest BCUT2D eigenvalue weighted by Gasteiger charge is -2.46. The van der Waals surface area contributed by atoms with E-state index in [4.69, 9.17) is 4.74 Å². The number of rotatable bonds is 9. The van der Waals surface area contributed by atoms with Crippen molar-refractivity contribution in [1.29, 1.82) is 0 Å².